The highest BCUT2D eigenvalue weighted by atomic mass is 15.4. The van der Waals surface area contributed by atoms with E-state index in [1.807, 2.05) is 30.5 Å². The number of hydrogen-bond acceptors (Lipinski definition) is 5. The molecule has 1 N–H and O–H groups in total. The van der Waals surface area contributed by atoms with E-state index in [1.165, 1.54) is 0 Å². The molecule has 3 aromatic heterocycles. The molecule has 8 nitrogen and oxygen atoms in total. The van der Waals surface area contributed by atoms with Crippen LogP contribution in [-0.2, 0) is 6.42 Å². The number of pyridine rings is 1. The van der Waals surface area contributed by atoms with Crippen LogP contribution in [0.3, 0.4) is 0 Å². The summed E-state index contributed by atoms with van der Waals surface area (Å²) in [5.74, 6) is 1.77. The fourth-order valence-corrected chi connectivity index (χ4v) is 3.38. The highest BCUT2D eigenvalue weighted by Crippen LogP contribution is 2.10. The molecule has 146 valence electrons. The molecule has 8 heteroatoms. The highest BCUT2D eigenvalue weighted by molar-refractivity contribution is 5.80. The molecule has 1 fully saturated rings. The summed E-state index contributed by atoms with van der Waals surface area (Å²) in [5.41, 5.74) is 2.05. The predicted molar refractivity (Wildman–Crippen MR) is 111 cm³/mol. The first-order chi connectivity index (χ1) is 13.8. The Labute approximate surface area is 165 Å². The molecular formula is C20H26N8. The largest absolute Gasteiger partial charge is 0.357 e. The first-order valence-corrected chi connectivity index (χ1v) is 9.81. The van der Waals surface area contributed by atoms with Gasteiger partial charge in [-0.25, -0.2) is 15.0 Å². The van der Waals surface area contributed by atoms with Gasteiger partial charge in [0.25, 0.3) is 0 Å². The van der Waals surface area contributed by atoms with E-state index < -0.39 is 0 Å². The summed E-state index contributed by atoms with van der Waals surface area (Å²) in [4.78, 5) is 22.7. The zero-order valence-corrected chi connectivity index (χ0v) is 16.2. The van der Waals surface area contributed by atoms with Crippen LogP contribution < -0.4 is 10.2 Å². The number of aromatic nitrogens is 4. The third kappa shape index (κ3) is 4.21. The maximum atomic E-state index is 4.83. The minimum atomic E-state index is 0.716. The highest BCUT2D eigenvalue weighted by Gasteiger charge is 2.21. The molecule has 1 aliphatic heterocycles. The van der Waals surface area contributed by atoms with Gasteiger partial charge in [-0.1, -0.05) is 6.07 Å². The molecule has 1 aliphatic rings. The van der Waals surface area contributed by atoms with Crippen molar-refractivity contribution in [3.63, 3.8) is 0 Å². The number of imidazole rings is 1. The summed E-state index contributed by atoms with van der Waals surface area (Å²) in [6.45, 7) is 7.26. The molecule has 1 saturated heterocycles. The van der Waals surface area contributed by atoms with Crippen LogP contribution in [0.4, 0.5) is 5.95 Å². The van der Waals surface area contributed by atoms with Crippen LogP contribution in [0.5, 0.6) is 0 Å². The Kier molecular flexibility index (Phi) is 5.65. The summed E-state index contributed by atoms with van der Waals surface area (Å²) < 4.78 is 2.05. The monoisotopic (exact) mass is 378 g/mol. The number of piperazine rings is 1. The van der Waals surface area contributed by atoms with Gasteiger partial charge < -0.3 is 19.5 Å². The molecule has 4 rings (SSSR count). The van der Waals surface area contributed by atoms with Gasteiger partial charge in [-0.2, -0.15) is 0 Å². The van der Waals surface area contributed by atoms with Gasteiger partial charge in [0, 0.05) is 70.5 Å². The number of nitrogens with one attached hydrogen (secondary N) is 1. The molecule has 0 unspecified atom stereocenters. The van der Waals surface area contributed by atoms with Gasteiger partial charge >= 0.3 is 0 Å². The van der Waals surface area contributed by atoms with E-state index in [9.17, 15) is 0 Å². The Morgan fingerprint density at radius 1 is 1.11 bits per heavy atom. The molecule has 4 heterocycles. The van der Waals surface area contributed by atoms with Crippen molar-refractivity contribution in [1.82, 2.24) is 29.6 Å². The predicted octanol–water partition coefficient (Wildman–Crippen LogP) is 1.45. The van der Waals surface area contributed by atoms with E-state index in [1.54, 1.807) is 12.4 Å². The molecule has 0 spiro atoms. The van der Waals surface area contributed by atoms with Crippen molar-refractivity contribution < 1.29 is 0 Å². The molecule has 0 bridgehead atoms. The van der Waals surface area contributed by atoms with Crippen molar-refractivity contribution in [2.24, 2.45) is 4.99 Å². The van der Waals surface area contributed by atoms with Gasteiger partial charge in [-0.05, 0) is 25.1 Å². The molecule has 0 aromatic carbocycles. The van der Waals surface area contributed by atoms with Crippen molar-refractivity contribution in [2.45, 2.75) is 13.3 Å². The van der Waals surface area contributed by atoms with Crippen LogP contribution in [0.25, 0.3) is 5.65 Å². The maximum absolute atomic E-state index is 4.83. The van der Waals surface area contributed by atoms with E-state index in [4.69, 9.17) is 4.99 Å². The zero-order valence-electron chi connectivity index (χ0n) is 16.2. The van der Waals surface area contributed by atoms with Crippen molar-refractivity contribution in [1.29, 1.82) is 0 Å². The van der Waals surface area contributed by atoms with Gasteiger partial charge in [0.15, 0.2) is 5.96 Å². The minimum absolute atomic E-state index is 0.716. The number of hydrogen-bond donors (Lipinski definition) is 1. The van der Waals surface area contributed by atoms with Crippen LogP contribution >= 0.6 is 0 Å². The summed E-state index contributed by atoms with van der Waals surface area (Å²) >= 11 is 0. The summed E-state index contributed by atoms with van der Waals surface area (Å²) in [7, 11) is 0. The van der Waals surface area contributed by atoms with Gasteiger partial charge in [0.2, 0.25) is 5.95 Å². The number of aliphatic imine (C=N–C) groups is 1. The fourth-order valence-electron chi connectivity index (χ4n) is 3.38. The third-order valence-electron chi connectivity index (χ3n) is 4.79. The second-order valence-corrected chi connectivity index (χ2v) is 6.71. The number of fused-ring (bicyclic) bond motifs is 1. The smallest absolute Gasteiger partial charge is 0.225 e. The van der Waals surface area contributed by atoms with Crippen molar-refractivity contribution in [3.8, 4) is 0 Å². The number of rotatable bonds is 5. The average molecular weight is 378 g/mol. The number of guanidine groups is 1. The Balaban J connectivity index is 1.35. The summed E-state index contributed by atoms with van der Waals surface area (Å²) in [6.07, 6.45) is 8.51. The van der Waals surface area contributed by atoms with Crippen molar-refractivity contribution >= 4 is 17.6 Å². The van der Waals surface area contributed by atoms with Gasteiger partial charge in [0.1, 0.15) is 5.65 Å². The lowest BCUT2D eigenvalue weighted by atomic mass is 10.3. The Morgan fingerprint density at radius 3 is 2.68 bits per heavy atom. The molecule has 3 aromatic rings. The Hall–Kier alpha value is -3.16. The quantitative estimate of drug-likeness (QED) is 0.535. The van der Waals surface area contributed by atoms with E-state index in [-0.39, 0.29) is 0 Å². The van der Waals surface area contributed by atoms with E-state index >= 15 is 0 Å². The Bertz CT molecular complexity index is 879. The SMILES string of the molecule is CCNC(=NCCc1cn2ccccc2n1)N1CCN(c2ncccn2)CC1. The molecule has 0 saturated carbocycles. The normalized spacial score (nSPS) is 15.2. The van der Waals surface area contributed by atoms with E-state index in [0.29, 0.717) is 6.54 Å². The lowest BCUT2D eigenvalue weighted by Gasteiger charge is -2.36. The summed E-state index contributed by atoms with van der Waals surface area (Å²) in [5, 5.41) is 3.42. The van der Waals surface area contributed by atoms with Crippen molar-refractivity contribution in [2.75, 3.05) is 44.2 Å². The lowest BCUT2D eigenvalue weighted by molar-refractivity contribution is 0.370. The first kappa shape index (κ1) is 18.2. The van der Waals surface area contributed by atoms with Crippen LogP contribution in [-0.4, -0.2) is 69.5 Å². The maximum Gasteiger partial charge on any atom is 0.225 e. The average Bonchev–Trinajstić information content (AvgIpc) is 3.17. The summed E-state index contributed by atoms with van der Waals surface area (Å²) in [6, 6.07) is 7.89. The van der Waals surface area contributed by atoms with Crippen LogP contribution in [0, 0.1) is 0 Å². The van der Waals surface area contributed by atoms with Gasteiger partial charge in [-0.3, -0.25) is 4.99 Å². The fraction of sp³-hybridized carbons (Fsp3) is 0.400. The number of nitrogens with zero attached hydrogens (tertiary/aromatic N) is 7. The minimum Gasteiger partial charge on any atom is -0.357 e. The Morgan fingerprint density at radius 2 is 1.93 bits per heavy atom. The molecular weight excluding hydrogens is 352 g/mol. The van der Waals surface area contributed by atoms with E-state index in [0.717, 1.165) is 62.4 Å². The lowest BCUT2D eigenvalue weighted by Crippen LogP contribution is -2.53. The van der Waals surface area contributed by atoms with Crippen LogP contribution in [0.1, 0.15) is 12.6 Å². The van der Waals surface area contributed by atoms with E-state index in [2.05, 4.69) is 47.6 Å². The number of anilines is 1. The molecule has 0 atom stereocenters. The second kappa shape index (κ2) is 8.69. The standard InChI is InChI=1S/C20H26N8/c1-2-21-19(24-10-7-17-16-28-11-4-3-6-18(28)25-17)26-12-14-27(15-13-26)20-22-8-5-9-23-20/h3-6,8-9,11,16H,2,7,10,12-15H2,1H3,(H,21,24). The van der Waals surface area contributed by atoms with Crippen LogP contribution in [0.2, 0.25) is 0 Å². The van der Waals surface area contributed by atoms with Crippen LogP contribution in [0.15, 0.2) is 54.0 Å². The van der Waals surface area contributed by atoms with Gasteiger partial charge in [-0.15, -0.1) is 0 Å². The third-order valence-corrected chi connectivity index (χ3v) is 4.79. The molecule has 28 heavy (non-hydrogen) atoms. The van der Waals surface area contributed by atoms with Gasteiger partial charge in [0.05, 0.1) is 5.69 Å². The molecule has 0 radical (unpaired) electrons. The first-order valence-electron chi connectivity index (χ1n) is 9.81. The second-order valence-electron chi connectivity index (χ2n) is 6.71. The molecule has 0 amide bonds. The molecule has 0 aliphatic carbocycles. The van der Waals surface area contributed by atoms with Crippen molar-refractivity contribution in [3.05, 3.63) is 54.7 Å². The zero-order chi connectivity index (χ0) is 19.2. The topological polar surface area (TPSA) is 74.0 Å².